The van der Waals surface area contributed by atoms with E-state index in [1.165, 1.54) is 11.1 Å². The lowest BCUT2D eigenvalue weighted by Gasteiger charge is -2.40. The summed E-state index contributed by atoms with van der Waals surface area (Å²) < 4.78 is 5.66. The van der Waals surface area contributed by atoms with Gasteiger partial charge in [0.25, 0.3) is 0 Å². The predicted octanol–water partition coefficient (Wildman–Crippen LogP) is 2.49. The number of hydrogen-bond donors (Lipinski definition) is 1. The van der Waals surface area contributed by atoms with Crippen molar-refractivity contribution < 1.29 is 4.74 Å². The van der Waals surface area contributed by atoms with Crippen molar-refractivity contribution in [1.82, 2.24) is 4.90 Å². The highest BCUT2D eigenvalue weighted by Gasteiger charge is 2.29. The largest absolute Gasteiger partial charge is 0.376 e. The Morgan fingerprint density at radius 1 is 1.42 bits per heavy atom. The van der Waals surface area contributed by atoms with Crippen molar-refractivity contribution in [2.24, 2.45) is 5.73 Å². The fourth-order valence-electron chi connectivity index (χ4n) is 2.94. The maximum Gasteiger partial charge on any atom is 0.0674 e. The van der Waals surface area contributed by atoms with Crippen molar-refractivity contribution in [2.45, 2.75) is 45.4 Å². The minimum Gasteiger partial charge on any atom is -0.376 e. The summed E-state index contributed by atoms with van der Waals surface area (Å²) in [5.41, 5.74) is 9.11. The highest BCUT2D eigenvalue weighted by Crippen LogP contribution is 2.29. The van der Waals surface area contributed by atoms with Crippen molar-refractivity contribution >= 4 is 0 Å². The van der Waals surface area contributed by atoms with E-state index in [0.717, 1.165) is 26.1 Å². The average molecular weight is 262 g/mol. The van der Waals surface area contributed by atoms with Crippen LogP contribution >= 0.6 is 0 Å². The molecule has 3 heteroatoms. The van der Waals surface area contributed by atoms with Crippen LogP contribution in [0.5, 0.6) is 0 Å². The fraction of sp³-hybridized carbons (Fsp3) is 0.625. The summed E-state index contributed by atoms with van der Waals surface area (Å²) in [5.74, 6) is 0. The molecule has 1 saturated heterocycles. The number of morpholine rings is 1. The standard InChI is InChI=1S/C16H26N2O/c1-4-15(17)16(14-8-6-5-7-12(14)2)18-9-10-19-13(3)11-18/h5-8,13,15-16H,4,9-11,17H2,1-3H3. The molecular formula is C16H26N2O. The van der Waals surface area contributed by atoms with E-state index in [1.54, 1.807) is 0 Å². The second-order valence-corrected chi connectivity index (χ2v) is 5.55. The van der Waals surface area contributed by atoms with Crippen molar-refractivity contribution in [2.75, 3.05) is 19.7 Å². The molecule has 0 aliphatic carbocycles. The third kappa shape index (κ3) is 3.35. The Kier molecular flexibility index (Phi) is 4.97. The first kappa shape index (κ1) is 14.5. The smallest absolute Gasteiger partial charge is 0.0674 e. The Balaban J connectivity index is 2.28. The fourth-order valence-corrected chi connectivity index (χ4v) is 2.94. The number of nitrogens with zero attached hydrogens (tertiary/aromatic N) is 1. The zero-order chi connectivity index (χ0) is 13.8. The monoisotopic (exact) mass is 262 g/mol. The van der Waals surface area contributed by atoms with Crippen LogP contribution in [0.15, 0.2) is 24.3 Å². The molecule has 1 aliphatic heterocycles. The van der Waals surface area contributed by atoms with Crippen LogP contribution in [-0.4, -0.2) is 36.7 Å². The molecular weight excluding hydrogens is 236 g/mol. The van der Waals surface area contributed by atoms with Crippen molar-refractivity contribution in [3.05, 3.63) is 35.4 Å². The number of rotatable bonds is 4. The molecule has 1 heterocycles. The van der Waals surface area contributed by atoms with Crippen LogP contribution in [0, 0.1) is 6.92 Å². The molecule has 0 spiro atoms. The van der Waals surface area contributed by atoms with Crippen molar-refractivity contribution in [3.63, 3.8) is 0 Å². The van der Waals surface area contributed by atoms with Crippen LogP contribution in [0.25, 0.3) is 0 Å². The lowest BCUT2D eigenvalue weighted by atomic mass is 9.92. The van der Waals surface area contributed by atoms with E-state index >= 15 is 0 Å². The number of benzene rings is 1. The van der Waals surface area contributed by atoms with Gasteiger partial charge < -0.3 is 10.5 Å². The summed E-state index contributed by atoms with van der Waals surface area (Å²) in [5, 5.41) is 0. The van der Waals surface area contributed by atoms with E-state index in [1.807, 2.05) is 0 Å². The summed E-state index contributed by atoms with van der Waals surface area (Å²) in [7, 11) is 0. The molecule has 0 saturated carbocycles. The van der Waals surface area contributed by atoms with E-state index in [9.17, 15) is 0 Å². The second-order valence-electron chi connectivity index (χ2n) is 5.55. The number of nitrogens with two attached hydrogens (primary N) is 1. The Morgan fingerprint density at radius 3 is 2.79 bits per heavy atom. The van der Waals surface area contributed by atoms with Gasteiger partial charge in [-0.15, -0.1) is 0 Å². The Hall–Kier alpha value is -0.900. The first-order valence-corrected chi connectivity index (χ1v) is 7.30. The average Bonchev–Trinajstić information content (AvgIpc) is 2.41. The lowest BCUT2D eigenvalue weighted by molar-refractivity contribution is -0.0387. The highest BCUT2D eigenvalue weighted by molar-refractivity contribution is 5.30. The lowest BCUT2D eigenvalue weighted by Crippen LogP contribution is -2.48. The quantitative estimate of drug-likeness (QED) is 0.906. The predicted molar refractivity (Wildman–Crippen MR) is 79.2 cm³/mol. The van der Waals surface area contributed by atoms with Gasteiger partial charge in [-0.3, -0.25) is 4.90 Å². The highest BCUT2D eigenvalue weighted by atomic mass is 16.5. The molecule has 2 rings (SSSR count). The zero-order valence-electron chi connectivity index (χ0n) is 12.3. The molecule has 1 aromatic carbocycles. The maximum atomic E-state index is 6.41. The van der Waals surface area contributed by atoms with Gasteiger partial charge in [-0.05, 0) is 31.4 Å². The summed E-state index contributed by atoms with van der Waals surface area (Å²) in [4.78, 5) is 2.49. The van der Waals surface area contributed by atoms with Crippen LogP contribution in [-0.2, 0) is 4.74 Å². The molecule has 0 aromatic heterocycles. The molecule has 19 heavy (non-hydrogen) atoms. The van der Waals surface area contributed by atoms with Gasteiger partial charge >= 0.3 is 0 Å². The van der Waals surface area contributed by atoms with E-state index < -0.39 is 0 Å². The molecule has 2 N–H and O–H groups in total. The number of hydrogen-bond acceptors (Lipinski definition) is 3. The Labute approximate surface area is 116 Å². The van der Waals surface area contributed by atoms with Gasteiger partial charge in [0.1, 0.15) is 0 Å². The minimum absolute atomic E-state index is 0.173. The Bertz CT molecular complexity index is 407. The van der Waals surface area contributed by atoms with Crippen molar-refractivity contribution in [1.29, 1.82) is 0 Å². The Morgan fingerprint density at radius 2 is 2.16 bits per heavy atom. The summed E-state index contributed by atoms with van der Waals surface area (Å²) in [6, 6.07) is 9.07. The topological polar surface area (TPSA) is 38.5 Å². The van der Waals surface area contributed by atoms with Gasteiger partial charge in [-0.2, -0.15) is 0 Å². The van der Waals surface area contributed by atoms with Gasteiger partial charge in [0, 0.05) is 19.1 Å². The summed E-state index contributed by atoms with van der Waals surface area (Å²) in [6.45, 7) is 9.22. The molecule has 3 atom stereocenters. The molecule has 0 bridgehead atoms. The molecule has 1 aliphatic rings. The maximum absolute atomic E-state index is 6.41. The molecule has 0 amide bonds. The van der Waals surface area contributed by atoms with Gasteiger partial charge in [0.15, 0.2) is 0 Å². The normalized spacial score (nSPS) is 24.1. The van der Waals surface area contributed by atoms with Gasteiger partial charge in [-0.25, -0.2) is 0 Å². The van der Waals surface area contributed by atoms with Gasteiger partial charge in [-0.1, -0.05) is 31.2 Å². The van der Waals surface area contributed by atoms with Gasteiger partial charge in [0.05, 0.1) is 18.8 Å². The SMILES string of the molecule is CCC(N)C(c1ccccc1C)N1CCOC(C)C1. The minimum atomic E-state index is 0.173. The third-order valence-corrected chi connectivity index (χ3v) is 4.05. The molecule has 3 unspecified atom stereocenters. The molecule has 1 aromatic rings. The van der Waals surface area contributed by atoms with E-state index in [-0.39, 0.29) is 6.04 Å². The van der Waals surface area contributed by atoms with Crippen LogP contribution in [0.3, 0.4) is 0 Å². The molecule has 106 valence electrons. The number of aryl methyl sites for hydroxylation is 1. The van der Waals surface area contributed by atoms with Crippen LogP contribution in [0.1, 0.15) is 37.4 Å². The third-order valence-electron chi connectivity index (χ3n) is 4.05. The molecule has 1 fully saturated rings. The first-order valence-electron chi connectivity index (χ1n) is 7.30. The molecule has 3 nitrogen and oxygen atoms in total. The van der Waals surface area contributed by atoms with Gasteiger partial charge in [0.2, 0.25) is 0 Å². The van der Waals surface area contributed by atoms with Crippen molar-refractivity contribution in [3.8, 4) is 0 Å². The number of ether oxygens (including phenoxy) is 1. The second kappa shape index (κ2) is 6.51. The molecule has 0 radical (unpaired) electrons. The first-order chi connectivity index (χ1) is 9.13. The summed E-state index contributed by atoms with van der Waals surface area (Å²) in [6.07, 6.45) is 1.29. The van der Waals surface area contributed by atoms with E-state index in [4.69, 9.17) is 10.5 Å². The zero-order valence-corrected chi connectivity index (χ0v) is 12.3. The van der Waals surface area contributed by atoms with Crippen LogP contribution in [0.4, 0.5) is 0 Å². The van der Waals surface area contributed by atoms with E-state index in [2.05, 4.69) is 49.9 Å². The van der Waals surface area contributed by atoms with E-state index in [0.29, 0.717) is 12.1 Å². The summed E-state index contributed by atoms with van der Waals surface area (Å²) >= 11 is 0. The van der Waals surface area contributed by atoms with Crippen LogP contribution in [0.2, 0.25) is 0 Å². The van der Waals surface area contributed by atoms with Crippen LogP contribution < -0.4 is 5.73 Å².